The molecule has 110 valence electrons. The molecule has 0 aliphatic carbocycles. The molecule has 2 aromatic carbocycles. The maximum Gasteiger partial charge on any atom is 1.00 e. The SMILES string of the molecule is O=C(O)c1cc(C(F)(F)F)ccc1C=Cc1ccccc1.[H-].[Na+]. The first-order valence-corrected chi connectivity index (χ1v) is 6.05. The Bertz CT molecular complexity index is 685. The Morgan fingerprint density at radius 3 is 2.23 bits per heavy atom. The predicted molar refractivity (Wildman–Crippen MR) is 74.9 cm³/mol. The van der Waals surface area contributed by atoms with Gasteiger partial charge in [0.05, 0.1) is 11.1 Å². The molecule has 2 rings (SSSR count). The van der Waals surface area contributed by atoms with Crippen LogP contribution in [0, 0.1) is 0 Å². The second-order valence-corrected chi connectivity index (χ2v) is 4.35. The molecule has 0 aliphatic rings. The molecule has 0 unspecified atom stereocenters. The summed E-state index contributed by atoms with van der Waals surface area (Å²) >= 11 is 0. The van der Waals surface area contributed by atoms with Crippen molar-refractivity contribution in [3.63, 3.8) is 0 Å². The fraction of sp³-hybridized carbons (Fsp3) is 0.0625. The van der Waals surface area contributed by atoms with E-state index in [0.717, 1.165) is 17.7 Å². The van der Waals surface area contributed by atoms with Crippen molar-refractivity contribution in [1.82, 2.24) is 0 Å². The van der Waals surface area contributed by atoms with E-state index in [0.29, 0.717) is 6.07 Å². The van der Waals surface area contributed by atoms with E-state index in [2.05, 4.69) is 0 Å². The second-order valence-electron chi connectivity index (χ2n) is 4.35. The molecule has 0 heterocycles. The first kappa shape index (κ1) is 18.5. The monoisotopic (exact) mass is 316 g/mol. The van der Waals surface area contributed by atoms with E-state index in [1.807, 2.05) is 18.2 Å². The largest absolute Gasteiger partial charge is 1.00 e. The van der Waals surface area contributed by atoms with Crippen LogP contribution in [-0.2, 0) is 6.18 Å². The molecular weight excluding hydrogens is 304 g/mol. The van der Waals surface area contributed by atoms with Crippen molar-refractivity contribution in [2.75, 3.05) is 0 Å². The summed E-state index contributed by atoms with van der Waals surface area (Å²) in [4.78, 5) is 11.1. The van der Waals surface area contributed by atoms with Gasteiger partial charge in [0.1, 0.15) is 0 Å². The van der Waals surface area contributed by atoms with Gasteiger partial charge in [0, 0.05) is 0 Å². The zero-order chi connectivity index (χ0) is 15.5. The van der Waals surface area contributed by atoms with Crippen LogP contribution in [0.4, 0.5) is 13.2 Å². The van der Waals surface area contributed by atoms with Gasteiger partial charge in [-0.2, -0.15) is 13.2 Å². The van der Waals surface area contributed by atoms with Gasteiger partial charge < -0.3 is 6.53 Å². The summed E-state index contributed by atoms with van der Waals surface area (Å²) in [6.07, 6.45) is -1.43. The normalized spacial score (nSPS) is 11.2. The van der Waals surface area contributed by atoms with Crippen LogP contribution >= 0.6 is 0 Å². The quantitative estimate of drug-likeness (QED) is 0.691. The van der Waals surface area contributed by atoms with Gasteiger partial charge in [-0.25, -0.2) is 4.79 Å². The van der Waals surface area contributed by atoms with Crippen molar-refractivity contribution in [2.45, 2.75) is 6.18 Å². The Kier molecular flexibility index (Phi) is 6.41. The third-order valence-electron chi connectivity index (χ3n) is 2.87. The number of hydrogen-bond acceptors (Lipinski definition) is 1. The van der Waals surface area contributed by atoms with Crippen LogP contribution in [-0.4, -0.2) is 11.1 Å². The Labute approximate surface area is 149 Å². The number of carboxylic acids is 1. The number of carbonyl (C=O) groups is 1. The molecule has 0 radical (unpaired) electrons. The molecule has 0 saturated carbocycles. The van der Waals surface area contributed by atoms with Crippen molar-refractivity contribution in [3.05, 3.63) is 70.8 Å². The average Bonchev–Trinajstić information content (AvgIpc) is 2.45. The Balaban J connectivity index is 0.00000242. The number of hydrogen-bond donors (Lipinski definition) is 1. The van der Waals surface area contributed by atoms with E-state index in [1.165, 1.54) is 6.08 Å². The average molecular weight is 316 g/mol. The minimum atomic E-state index is -4.56. The van der Waals surface area contributed by atoms with Gasteiger partial charge in [-0.1, -0.05) is 48.6 Å². The summed E-state index contributed by atoms with van der Waals surface area (Å²) < 4.78 is 37.8. The standard InChI is InChI=1S/C16H11F3O2.Na.H/c17-16(18,19)13-9-8-12(14(10-13)15(20)21)7-6-11-4-2-1-3-5-11;;/h1-10H,(H,20,21);;/q;+1;-1. The first-order valence-electron chi connectivity index (χ1n) is 6.05. The van der Waals surface area contributed by atoms with Crippen LogP contribution in [0.1, 0.15) is 28.5 Å². The number of carboxylic acid groups (broad SMARTS) is 1. The first-order chi connectivity index (χ1) is 9.88. The Hall–Kier alpha value is -1.56. The predicted octanol–water partition coefficient (Wildman–Crippen LogP) is 1.69. The summed E-state index contributed by atoms with van der Waals surface area (Å²) in [6.45, 7) is 0. The van der Waals surface area contributed by atoms with E-state index < -0.39 is 17.7 Å². The van der Waals surface area contributed by atoms with Gasteiger partial charge in [0.15, 0.2) is 0 Å². The fourth-order valence-corrected chi connectivity index (χ4v) is 1.81. The number of benzene rings is 2. The third-order valence-corrected chi connectivity index (χ3v) is 2.87. The zero-order valence-electron chi connectivity index (χ0n) is 12.8. The van der Waals surface area contributed by atoms with Crippen LogP contribution in [0.3, 0.4) is 0 Å². The topological polar surface area (TPSA) is 37.3 Å². The van der Waals surface area contributed by atoms with Gasteiger partial charge in [0.2, 0.25) is 0 Å². The van der Waals surface area contributed by atoms with Crippen molar-refractivity contribution in [1.29, 1.82) is 0 Å². The van der Waals surface area contributed by atoms with Crippen LogP contribution in [0.25, 0.3) is 12.2 Å². The molecule has 0 saturated heterocycles. The van der Waals surface area contributed by atoms with Crippen LogP contribution in [0.5, 0.6) is 0 Å². The molecule has 0 atom stereocenters. The third kappa shape index (κ3) is 4.73. The van der Waals surface area contributed by atoms with Gasteiger partial charge >= 0.3 is 41.7 Å². The van der Waals surface area contributed by atoms with Crippen molar-refractivity contribution >= 4 is 18.1 Å². The molecule has 0 spiro atoms. The van der Waals surface area contributed by atoms with Gasteiger partial charge in [-0.05, 0) is 23.3 Å². The smallest absolute Gasteiger partial charge is 1.00 e. The fourth-order valence-electron chi connectivity index (χ4n) is 1.81. The van der Waals surface area contributed by atoms with Crippen LogP contribution in [0.15, 0.2) is 48.5 Å². The van der Waals surface area contributed by atoms with Crippen molar-refractivity contribution in [3.8, 4) is 0 Å². The molecule has 2 nitrogen and oxygen atoms in total. The summed E-state index contributed by atoms with van der Waals surface area (Å²) in [5.74, 6) is -1.39. The van der Waals surface area contributed by atoms with Crippen molar-refractivity contribution in [2.24, 2.45) is 0 Å². The molecule has 1 N–H and O–H groups in total. The van der Waals surface area contributed by atoms with Gasteiger partial charge in [0.25, 0.3) is 0 Å². The van der Waals surface area contributed by atoms with E-state index in [9.17, 15) is 18.0 Å². The molecule has 0 aliphatic heterocycles. The van der Waals surface area contributed by atoms with E-state index in [1.54, 1.807) is 18.2 Å². The molecule has 0 aromatic heterocycles. The molecule has 2 aromatic rings. The molecule has 6 heteroatoms. The van der Waals surface area contributed by atoms with Crippen LogP contribution in [0.2, 0.25) is 0 Å². The Morgan fingerprint density at radius 2 is 1.68 bits per heavy atom. The van der Waals surface area contributed by atoms with Gasteiger partial charge in [-0.3, -0.25) is 0 Å². The van der Waals surface area contributed by atoms with E-state index >= 15 is 0 Å². The minimum absolute atomic E-state index is 0. The Morgan fingerprint density at radius 1 is 1.05 bits per heavy atom. The number of aromatic carboxylic acids is 1. The maximum absolute atomic E-state index is 12.6. The maximum atomic E-state index is 12.6. The van der Waals surface area contributed by atoms with Crippen molar-refractivity contribution < 1.29 is 54.1 Å². The number of rotatable bonds is 3. The molecule has 22 heavy (non-hydrogen) atoms. The van der Waals surface area contributed by atoms with E-state index in [4.69, 9.17) is 5.11 Å². The molecule has 0 fully saturated rings. The molecule has 0 bridgehead atoms. The second kappa shape index (κ2) is 7.63. The zero-order valence-corrected chi connectivity index (χ0v) is 13.8. The molecule has 0 amide bonds. The summed E-state index contributed by atoms with van der Waals surface area (Å²) in [7, 11) is 0. The minimum Gasteiger partial charge on any atom is -1.00 e. The summed E-state index contributed by atoms with van der Waals surface area (Å²) in [5, 5.41) is 9.05. The van der Waals surface area contributed by atoms with Crippen LogP contribution < -0.4 is 29.6 Å². The molecular formula is C16H12F3NaO2. The number of alkyl halides is 3. The number of halogens is 3. The van der Waals surface area contributed by atoms with Gasteiger partial charge in [-0.15, -0.1) is 0 Å². The summed E-state index contributed by atoms with van der Waals surface area (Å²) in [6, 6.07) is 11.7. The summed E-state index contributed by atoms with van der Waals surface area (Å²) in [5.41, 5.74) is -0.304. The van der Waals surface area contributed by atoms with E-state index in [-0.39, 0.29) is 42.1 Å².